The van der Waals surface area contributed by atoms with Crippen LogP contribution in [0.5, 0.6) is 0 Å². The van der Waals surface area contributed by atoms with E-state index in [1.54, 1.807) is 21.9 Å². The number of aromatic nitrogens is 3. The van der Waals surface area contributed by atoms with Gasteiger partial charge in [-0.15, -0.1) is 5.10 Å². The van der Waals surface area contributed by atoms with Crippen molar-refractivity contribution in [3.8, 4) is 0 Å². The van der Waals surface area contributed by atoms with Crippen molar-refractivity contribution in [3.63, 3.8) is 0 Å². The van der Waals surface area contributed by atoms with Gasteiger partial charge < -0.3 is 14.6 Å². The summed E-state index contributed by atoms with van der Waals surface area (Å²) in [6.07, 6.45) is 9.07. The largest absolute Gasteiger partial charge is 0.467 e. The summed E-state index contributed by atoms with van der Waals surface area (Å²) < 4.78 is 7.00. The molecule has 0 saturated carbocycles. The molecule has 0 radical (unpaired) electrons. The van der Waals surface area contributed by atoms with Crippen LogP contribution in [0.25, 0.3) is 11.0 Å². The maximum absolute atomic E-state index is 13.9. The minimum Gasteiger partial charge on any atom is -0.467 e. The third kappa shape index (κ3) is 5.97. The number of rotatable bonds is 10. The third-order valence-electron chi connectivity index (χ3n) is 6.78. The number of nitrogens with zero attached hydrogens (tertiary/aromatic N) is 4. The number of carbonyl (C=O) groups is 2. The molecule has 0 saturated heterocycles. The fourth-order valence-corrected chi connectivity index (χ4v) is 4.84. The zero-order valence-corrected chi connectivity index (χ0v) is 20.8. The van der Waals surface area contributed by atoms with Gasteiger partial charge in [0.05, 0.1) is 18.3 Å². The maximum atomic E-state index is 13.9. The molecular formula is C29H31N5O3. The number of para-hydroxylation sites is 1. The van der Waals surface area contributed by atoms with Crippen LogP contribution < -0.4 is 5.32 Å². The first-order valence-corrected chi connectivity index (χ1v) is 12.8. The van der Waals surface area contributed by atoms with Gasteiger partial charge >= 0.3 is 0 Å². The number of furan rings is 1. The predicted octanol–water partition coefficient (Wildman–Crippen LogP) is 4.80. The van der Waals surface area contributed by atoms with Gasteiger partial charge in [-0.2, -0.15) is 0 Å². The Bertz CT molecular complexity index is 1360. The Labute approximate surface area is 215 Å². The van der Waals surface area contributed by atoms with E-state index in [-0.39, 0.29) is 24.9 Å². The van der Waals surface area contributed by atoms with E-state index in [4.69, 9.17) is 4.42 Å². The monoisotopic (exact) mass is 497 g/mol. The maximum Gasteiger partial charge on any atom is 0.247 e. The summed E-state index contributed by atoms with van der Waals surface area (Å²) in [5.41, 5.74) is 3.61. The van der Waals surface area contributed by atoms with Crippen LogP contribution in [-0.4, -0.2) is 38.3 Å². The number of carbonyl (C=O) groups excluding carboxylic acids is 2. The van der Waals surface area contributed by atoms with Crippen molar-refractivity contribution in [2.24, 2.45) is 0 Å². The molecule has 2 aromatic carbocycles. The Morgan fingerprint density at radius 3 is 2.65 bits per heavy atom. The fraction of sp³-hybridized carbons (Fsp3) is 0.310. The first kappa shape index (κ1) is 24.5. The lowest BCUT2D eigenvalue weighted by Gasteiger charge is -2.32. The van der Waals surface area contributed by atoms with Gasteiger partial charge in [-0.05, 0) is 61.9 Å². The van der Waals surface area contributed by atoms with E-state index >= 15 is 0 Å². The highest BCUT2D eigenvalue weighted by molar-refractivity contribution is 5.89. The molecule has 0 aliphatic heterocycles. The van der Waals surface area contributed by atoms with Crippen LogP contribution in [0.3, 0.4) is 0 Å². The molecule has 4 aromatic rings. The van der Waals surface area contributed by atoms with Gasteiger partial charge in [-0.3, -0.25) is 9.59 Å². The number of nitrogens with one attached hydrogen (secondary N) is 1. The van der Waals surface area contributed by atoms with E-state index in [0.717, 1.165) is 42.3 Å². The van der Waals surface area contributed by atoms with Gasteiger partial charge in [0.2, 0.25) is 11.8 Å². The molecule has 0 fully saturated rings. The Balaban J connectivity index is 1.44. The molecule has 1 aliphatic rings. The highest BCUT2D eigenvalue weighted by Crippen LogP contribution is 2.26. The molecule has 8 heteroatoms. The number of hydrogen-bond donors (Lipinski definition) is 1. The Morgan fingerprint density at radius 2 is 1.86 bits per heavy atom. The van der Waals surface area contributed by atoms with Crippen LogP contribution in [0, 0.1) is 0 Å². The standard InChI is InChI=1S/C29H31N5O3/c35-27(21-34-26-16-8-7-15-25(26)31-32-34)33(18-17-22-10-3-1-4-11-22)28(23-12-5-2-6-13-23)29(36)30-20-24-14-9-19-37-24/h2,5-10,12-16,19,28H,1,3-4,11,17-18,20-21H2,(H,30,36)/t28-/m0/s1. The number of hydrogen-bond acceptors (Lipinski definition) is 5. The van der Waals surface area contributed by atoms with E-state index in [1.807, 2.05) is 60.7 Å². The Morgan fingerprint density at radius 1 is 1.03 bits per heavy atom. The summed E-state index contributed by atoms with van der Waals surface area (Å²) >= 11 is 0. The van der Waals surface area contributed by atoms with Gasteiger partial charge in [-0.25, -0.2) is 4.68 Å². The van der Waals surface area contributed by atoms with Crippen LogP contribution in [-0.2, 0) is 22.7 Å². The van der Waals surface area contributed by atoms with Crippen LogP contribution >= 0.6 is 0 Å². The van der Waals surface area contributed by atoms with Crippen molar-refractivity contribution in [1.29, 1.82) is 0 Å². The van der Waals surface area contributed by atoms with Gasteiger partial charge in [-0.1, -0.05) is 59.3 Å². The SMILES string of the molecule is O=C(NCc1ccco1)[C@H](c1ccccc1)N(CCC1=CCCCC1)C(=O)Cn1nnc2ccccc21. The lowest BCUT2D eigenvalue weighted by molar-refractivity contribution is -0.141. The highest BCUT2D eigenvalue weighted by Gasteiger charge is 2.32. The summed E-state index contributed by atoms with van der Waals surface area (Å²) in [5.74, 6) is 0.213. The lowest BCUT2D eigenvalue weighted by Crippen LogP contribution is -2.45. The molecular weight excluding hydrogens is 466 g/mol. The summed E-state index contributed by atoms with van der Waals surface area (Å²) in [7, 11) is 0. The van der Waals surface area contributed by atoms with Gasteiger partial charge in [0.25, 0.3) is 0 Å². The molecule has 5 rings (SSSR count). The summed E-state index contributed by atoms with van der Waals surface area (Å²) in [4.78, 5) is 29.2. The first-order chi connectivity index (χ1) is 18.2. The van der Waals surface area contributed by atoms with Gasteiger partial charge in [0.1, 0.15) is 23.9 Å². The van der Waals surface area contributed by atoms with Crippen LogP contribution in [0.1, 0.15) is 49.5 Å². The Kier molecular flexibility index (Phi) is 7.74. The van der Waals surface area contributed by atoms with Crippen LogP contribution in [0.2, 0.25) is 0 Å². The summed E-state index contributed by atoms with van der Waals surface area (Å²) in [5, 5.41) is 11.4. The second kappa shape index (κ2) is 11.7. The van der Waals surface area contributed by atoms with E-state index in [9.17, 15) is 9.59 Å². The third-order valence-corrected chi connectivity index (χ3v) is 6.78. The topological polar surface area (TPSA) is 93.3 Å². The molecule has 0 unspecified atom stereocenters. The smallest absolute Gasteiger partial charge is 0.247 e. The van der Waals surface area contributed by atoms with Crippen LogP contribution in [0.4, 0.5) is 0 Å². The fourth-order valence-electron chi connectivity index (χ4n) is 4.84. The summed E-state index contributed by atoms with van der Waals surface area (Å²) in [6, 6.07) is 19.8. The zero-order chi connectivity index (χ0) is 25.5. The molecule has 1 N–H and O–H groups in total. The molecule has 1 atom stereocenters. The number of benzene rings is 2. The average Bonchev–Trinajstić information content (AvgIpc) is 3.61. The normalized spacial score (nSPS) is 14.2. The number of fused-ring (bicyclic) bond motifs is 1. The molecule has 0 spiro atoms. The molecule has 2 amide bonds. The molecule has 8 nitrogen and oxygen atoms in total. The van der Waals surface area contributed by atoms with Crippen molar-refractivity contribution in [3.05, 3.63) is 96.0 Å². The molecule has 2 heterocycles. The summed E-state index contributed by atoms with van der Waals surface area (Å²) in [6.45, 7) is 0.676. The molecule has 0 bridgehead atoms. The molecule has 1 aliphatic carbocycles. The minimum absolute atomic E-state index is 0.00560. The minimum atomic E-state index is -0.789. The highest BCUT2D eigenvalue weighted by atomic mass is 16.3. The predicted molar refractivity (Wildman–Crippen MR) is 140 cm³/mol. The number of allylic oxidation sites excluding steroid dienone is 1. The van der Waals surface area contributed by atoms with Crippen molar-refractivity contribution in [2.75, 3.05) is 6.54 Å². The second-order valence-electron chi connectivity index (χ2n) is 9.29. The Hall–Kier alpha value is -4.20. The van der Waals surface area contributed by atoms with E-state index in [1.165, 1.54) is 12.0 Å². The van der Waals surface area contributed by atoms with Crippen molar-refractivity contribution in [1.82, 2.24) is 25.2 Å². The second-order valence-corrected chi connectivity index (χ2v) is 9.29. The van der Waals surface area contributed by atoms with E-state index < -0.39 is 6.04 Å². The molecule has 190 valence electrons. The van der Waals surface area contributed by atoms with Gasteiger partial charge in [0, 0.05) is 6.54 Å². The van der Waals surface area contributed by atoms with Gasteiger partial charge in [0.15, 0.2) is 0 Å². The molecule has 37 heavy (non-hydrogen) atoms. The van der Waals surface area contributed by atoms with E-state index in [0.29, 0.717) is 12.3 Å². The zero-order valence-electron chi connectivity index (χ0n) is 20.8. The lowest BCUT2D eigenvalue weighted by atomic mass is 9.96. The number of amides is 2. The van der Waals surface area contributed by atoms with Crippen LogP contribution in [0.15, 0.2) is 89.1 Å². The average molecular weight is 498 g/mol. The quantitative estimate of drug-likeness (QED) is 0.318. The van der Waals surface area contributed by atoms with Crippen molar-refractivity contribution < 1.29 is 14.0 Å². The first-order valence-electron chi connectivity index (χ1n) is 12.8. The van der Waals surface area contributed by atoms with E-state index in [2.05, 4.69) is 21.7 Å². The van der Waals surface area contributed by atoms with Crippen molar-refractivity contribution in [2.45, 2.75) is 51.2 Å². The molecule has 2 aromatic heterocycles. The van der Waals surface area contributed by atoms with Crippen molar-refractivity contribution >= 4 is 22.8 Å².